The zero-order valence-electron chi connectivity index (χ0n) is 12.9. The number of nitrogens with one attached hydrogen (secondary N) is 1. The Morgan fingerprint density at radius 2 is 2.30 bits per heavy atom. The number of anilines is 1. The molecule has 0 bridgehead atoms. The monoisotopic (exact) mass is 340 g/mol. The third-order valence-electron chi connectivity index (χ3n) is 3.44. The number of aromatic nitrogens is 4. The molecule has 124 valence electrons. The van der Waals surface area contributed by atoms with Gasteiger partial charge in [-0.2, -0.15) is 0 Å². The number of hydrogen-bond donors (Lipinski definition) is 2. The van der Waals surface area contributed by atoms with Gasteiger partial charge in [-0.3, -0.25) is 4.57 Å². The molecular weight excluding hydrogens is 321 g/mol. The SMILES string of the molecule is CN(C)[P+](=O)OCC1CNC[C@H](n2cnc3c(N)ncnc32)O1. The average Bonchev–Trinajstić information content (AvgIpc) is 2.98. The Hall–Kier alpha value is -1.71. The Bertz CT molecular complexity index is 707. The van der Waals surface area contributed by atoms with Gasteiger partial charge in [-0.05, 0) is 4.57 Å². The third-order valence-corrected chi connectivity index (χ3v) is 4.46. The topological polar surface area (TPSA) is 120 Å². The van der Waals surface area contributed by atoms with Crippen LogP contribution in [-0.2, 0) is 13.8 Å². The highest BCUT2D eigenvalue weighted by atomic mass is 31.1. The van der Waals surface area contributed by atoms with Crippen LogP contribution in [0.25, 0.3) is 11.2 Å². The Morgan fingerprint density at radius 1 is 1.48 bits per heavy atom. The smallest absolute Gasteiger partial charge is 0.382 e. The van der Waals surface area contributed by atoms with E-state index in [9.17, 15) is 4.57 Å². The zero-order chi connectivity index (χ0) is 16.4. The first kappa shape index (κ1) is 16.2. The first-order valence-corrected chi connectivity index (χ1v) is 8.26. The molecule has 1 aliphatic rings. The largest absolute Gasteiger partial charge is 0.615 e. The normalized spacial score (nSPS) is 22.7. The van der Waals surface area contributed by atoms with Gasteiger partial charge in [0.25, 0.3) is 0 Å². The fraction of sp³-hybridized carbons (Fsp3) is 0.583. The molecular formula is C12H19N7O3P+. The fourth-order valence-corrected chi connectivity index (χ4v) is 2.82. The van der Waals surface area contributed by atoms with Crippen LogP contribution in [0.5, 0.6) is 0 Å². The van der Waals surface area contributed by atoms with Crippen molar-refractivity contribution < 1.29 is 13.8 Å². The molecule has 1 fully saturated rings. The zero-order valence-corrected chi connectivity index (χ0v) is 13.8. The lowest BCUT2D eigenvalue weighted by molar-refractivity contribution is -0.0893. The lowest BCUT2D eigenvalue weighted by atomic mass is 10.3. The molecule has 2 aromatic rings. The fourth-order valence-electron chi connectivity index (χ4n) is 2.29. The summed E-state index contributed by atoms with van der Waals surface area (Å²) in [6, 6.07) is 0. The van der Waals surface area contributed by atoms with Gasteiger partial charge in [0.05, 0.1) is 6.33 Å². The van der Waals surface area contributed by atoms with E-state index in [2.05, 4.69) is 20.3 Å². The van der Waals surface area contributed by atoms with Gasteiger partial charge < -0.3 is 15.8 Å². The summed E-state index contributed by atoms with van der Waals surface area (Å²) in [5.74, 6) is 0.334. The van der Waals surface area contributed by atoms with E-state index in [0.717, 1.165) is 0 Å². The van der Waals surface area contributed by atoms with Crippen LogP contribution < -0.4 is 11.1 Å². The van der Waals surface area contributed by atoms with E-state index in [1.807, 2.05) is 0 Å². The Balaban J connectivity index is 1.70. The highest BCUT2D eigenvalue weighted by molar-refractivity contribution is 7.36. The van der Waals surface area contributed by atoms with E-state index >= 15 is 0 Å². The highest BCUT2D eigenvalue weighted by Crippen LogP contribution is 2.26. The maximum atomic E-state index is 11.6. The Kier molecular flexibility index (Phi) is 4.79. The number of fused-ring (bicyclic) bond motifs is 1. The van der Waals surface area contributed by atoms with Crippen molar-refractivity contribution in [1.29, 1.82) is 0 Å². The van der Waals surface area contributed by atoms with Crippen LogP contribution in [0.2, 0.25) is 0 Å². The van der Waals surface area contributed by atoms with E-state index in [4.69, 9.17) is 15.0 Å². The van der Waals surface area contributed by atoms with Crippen LogP contribution in [-0.4, -0.2) is 64.1 Å². The van der Waals surface area contributed by atoms with Crippen molar-refractivity contribution in [3.05, 3.63) is 12.7 Å². The molecule has 10 nitrogen and oxygen atoms in total. The maximum absolute atomic E-state index is 11.6. The van der Waals surface area contributed by atoms with E-state index in [0.29, 0.717) is 30.1 Å². The number of ether oxygens (including phenoxy) is 1. The van der Waals surface area contributed by atoms with Gasteiger partial charge in [-0.1, -0.05) is 4.67 Å². The number of nitrogens with zero attached hydrogens (tertiary/aromatic N) is 5. The standard InChI is InChI=1S/C12H19N7O3P/c1-18(2)23(20)21-5-8-3-14-4-9(22-8)19-7-17-10-11(13)15-6-16-12(10)19/h6-9,14H,3-5H2,1-2H3,(H2,13,15,16)/q+1/t8?,9-/m1/s1. The molecule has 3 rings (SSSR count). The second-order valence-corrected chi connectivity index (χ2v) is 6.87. The molecule has 3 N–H and O–H groups in total. The lowest BCUT2D eigenvalue weighted by Crippen LogP contribution is -2.44. The van der Waals surface area contributed by atoms with Crippen molar-refractivity contribution in [3.63, 3.8) is 0 Å². The second-order valence-electron chi connectivity index (χ2n) is 5.33. The number of nitrogen functional groups attached to an aromatic ring is 1. The minimum absolute atomic E-state index is 0.218. The van der Waals surface area contributed by atoms with Crippen LogP contribution in [0.3, 0.4) is 0 Å². The predicted octanol–water partition coefficient (Wildman–Crippen LogP) is 0.131. The van der Waals surface area contributed by atoms with Crippen molar-refractivity contribution in [2.75, 3.05) is 39.5 Å². The third kappa shape index (κ3) is 3.46. The molecule has 0 radical (unpaired) electrons. The van der Waals surface area contributed by atoms with Crippen molar-refractivity contribution in [3.8, 4) is 0 Å². The summed E-state index contributed by atoms with van der Waals surface area (Å²) in [4.78, 5) is 12.4. The summed E-state index contributed by atoms with van der Waals surface area (Å²) >= 11 is 0. The predicted molar refractivity (Wildman–Crippen MR) is 83.8 cm³/mol. The number of nitrogens with two attached hydrogens (primary N) is 1. The van der Waals surface area contributed by atoms with Crippen molar-refractivity contribution in [2.24, 2.45) is 0 Å². The van der Waals surface area contributed by atoms with Gasteiger partial charge in [0.1, 0.15) is 30.8 Å². The molecule has 0 spiro atoms. The van der Waals surface area contributed by atoms with Crippen LogP contribution in [0.15, 0.2) is 12.7 Å². The molecule has 1 saturated heterocycles. The molecule has 3 atom stereocenters. The first-order valence-electron chi connectivity index (χ1n) is 7.13. The average molecular weight is 340 g/mol. The molecule has 0 saturated carbocycles. The van der Waals surface area contributed by atoms with Gasteiger partial charge in [0, 0.05) is 27.2 Å². The van der Waals surface area contributed by atoms with Crippen LogP contribution in [0.4, 0.5) is 5.82 Å². The molecule has 0 aromatic carbocycles. The van der Waals surface area contributed by atoms with Gasteiger partial charge in [-0.25, -0.2) is 15.0 Å². The van der Waals surface area contributed by atoms with Crippen LogP contribution in [0.1, 0.15) is 6.23 Å². The molecule has 1 aliphatic heterocycles. The second kappa shape index (κ2) is 6.81. The van der Waals surface area contributed by atoms with Gasteiger partial charge >= 0.3 is 8.18 Å². The maximum Gasteiger partial charge on any atom is 0.615 e. The minimum Gasteiger partial charge on any atom is -0.382 e. The number of morpholine rings is 1. The summed E-state index contributed by atoms with van der Waals surface area (Å²) in [5, 5.41) is 3.27. The molecule has 2 unspecified atom stereocenters. The van der Waals surface area contributed by atoms with Crippen LogP contribution in [0, 0.1) is 0 Å². The summed E-state index contributed by atoms with van der Waals surface area (Å²) in [6.45, 7) is 1.46. The molecule has 11 heteroatoms. The molecule has 2 aromatic heterocycles. The summed E-state index contributed by atoms with van der Waals surface area (Å²) in [5.41, 5.74) is 6.96. The van der Waals surface area contributed by atoms with E-state index in [1.165, 1.54) is 11.0 Å². The summed E-state index contributed by atoms with van der Waals surface area (Å²) in [6.07, 6.45) is 2.51. The number of rotatable bonds is 5. The molecule has 3 heterocycles. The lowest BCUT2D eigenvalue weighted by Gasteiger charge is -2.30. The number of imidazole rings is 1. The highest BCUT2D eigenvalue weighted by Gasteiger charge is 2.29. The van der Waals surface area contributed by atoms with E-state index < -0.39 is 8.18 Å². The van der Waals surface area contributed by atoms with Gasteiger partial charge in [0.15, 0.2) is 11.5 Å². The van der Waals surface area contributed by atoms with Crippen molar-refractivity contribution in [1.82, 2.24) is 29.5 Å². The van der Waals surface area contributed by atoms with Crippen molar-refractivity contribution >= 4 is 25.2 Å². The molecule has 0 amide bonds. The van der Waals surface area contributed by atoms with Crippen molar-refractivity contribution in [2.45, 2.75) is 12.3 Å². The Labute approximate surface area is 133 Å². The van der Waals surface area contributed by atoms with Crippen LogP contribution >= 0.6 is 8.18 Å². The van der Waals surface area contributed by atoms with Gasteiger partial charge in [-0.15, -0.1) is 4.52 Å². The molecule has 23 heavy (non-hydrogen) atoms. The number of hydrogen-bond acceptors (Lipinski definition) is 8. The minimum atomic E-state index is -1.84. The van der Waals surface area contributed by atoms with E-state index in [-0.39, 0.29) is 18.9 Å². The summed E-state index contributed by atoms with van der Waals surface area (Å²) in [7, 11) is 1.56. The molecule has 0 aliphatic carbocycles. The van der Waals surface area contributed by atoms with E-state index in [1.54, 1.807) is 25.0 Å². The van der Waals surface area contributed by atoms with Gasteiger partial charge in [0.2, 0.25) is 0 Å². The quantitative estimate of drug-likeness (QED) is 0.732. The summed E-state index contributed by atoms with van der Waals surface area (Å²) < 4.78 is 26.3. The Morgan fingerprint density at radius 3 is 3.09 bits per heavy atom. The first-order chi connectivity index (χ1) is 11.1.